The molecule has 0 amide bonds. The van der Waals surface area contributed by atoms with Crippen LogP contribution in [0.1, 0.15) is 27.4 Å². The van der Waals surface area contributed by atoms with Gasteiger partial charge in [-0.25, -0.2) is 4.98 Å². The second kappa shape index (κ2) is 5.32. The lowest BCUT2D eigenvalue weighted by molar-refractivity contribution is -0.0438. The molecule has 3 heterocycles. The maximum atomic E-state index is 5.47. The van der Waals surface area contributed by atoms with Crippen LogP contribution in [0.15, 0.2) is 16.8 Å². The molecule has 0 bridgehead atoms. The van der Waals surface area contributed by atoms with E-state index >= 15 is 0 Å². The van der Waals surface area contributed by atoms with Crippen molar-refractivity contribution in [2.75, 3.05) is 13.2 Å². The van der Waals surface area contributed by atoms with Gasteiger partial charge in [-0.3, -0.25) is 0 Å². The minimum absolute atomic E-state index is 0.176. The first-order valence-corrected chi connectivity index (χ1v) is 7.49. The molecule has 1 fully saturated rings. The van der Waals surface area contributed by atoms with Crippen LogP contribution in [-0.4, -0.2) is 18.2 Å². The van der Waals surface area contributed by atoms with Gasteiger partial charge in [-0.15, -0.1) is 22.7 Å². The summed E-state index contributed by atoms with van der Waals surface area (Å²) in [4.78, 5) is 5.59. The largest absolute Gasteiger partial charge is 0.346 e. The van der Waals surface area contributed by atoms with Crippen LogP contribution in [0.2, 0.25) is 0 Å². The van der Waals surface area contributed by atoms with E-state index in [2.05, 4.69) is 27.9 Å². The van der Waals surface area contributed by atoms with E-state index < -0.39 is 0 Å². The maximum Gasteiger partial charge on any atom is 0.184 e. The molecular formula is C13H13NO2S2. The highest BCUT2D eigenvalue weighted by molar-refractivity contribution is 7.11. The van der Waals surface area contributed by atoms with E-state index in [-0.39, 0.29) is 6.29 Å². The molecule has 18 heavy (non-hydrogen) atoms. The average molecular weight is 279 g/mol. The molecule has 3 rings (SSSR count). The van der Waals surface area contributed by atoms with E-state index in [0.717, 1.165) is 16.3 Å². The summed E-state index contributed by atoms with van der Waals surface area (Å²) in [6, 6.07) is 2.11. The molecule has 0 aliphatic carbocycles. The highest BCUT2D eigenvalue weighted by atomic mass is 32.1. The predicted molar refractivity (Wildman–Crippen MR) is 74.7 cm³/mol. The smallest absolute Gasteiger partial charge is 0.184 e. The van der Waals surface area contributed by atoms with Crippen LogP contribution in [0.3, 0.4) is 0 Å². The molecule has 94 valence electrons. The van der Waals surface area contributed by atoms with Gasteiger partial charge in [0.1, 0.15) is 0 Å². The Bertz CT molecular complexity index is 553. The first-order chi connectivity index (χ1) is 8.81. The van der Waals surface area contributed by atoms with E-state index in [4.69, 9.17) is 9.47 Å². The zero-order valence-electron chi connectivity index (χ0n) is 9.96. The lowest BCUT2D eigenvalue weighted by Gasteiger charge is -2.04. The Morgan fingerprint density at radius 1 is 1.22 bits per heavy atom. The Morgan fingerprint density at radius 3 is 2.78 bits per heavy atom. The first kappa shape index (κ1) is 12.0. The first-order valence-electron chi connectivity index (χ1n) is 5.73. The zero-order chi connectivity index (χ0) is 12.4. The Labute approximate surface area is 114 Å². The molecule has 0 N–H and O–H groups in total. The Balaban J connectivity index is 1.71. The number of hydrogen-bond acceptors (Lipinski definition) is 5. The summed E-state index contributed by atoms with van der Waals surface area (Å²) in [5.41, 5.74) is 2.12. The van der Waals surface area contributed by atoms with E-state index in [0.29, 0.717) is 13.2 Å². The van der Waals surface area contributed by atoms with Crippen molar-refractivity contribution in [3.63, 3.8) is 0 Å². The summed E-state index contributed by atoms with van der Waals surface area (Å²) in [7, 11) is 0. The van der Waals surface area contributed by atoms with Gasteiger partial charge in [0.25, 0.3) is 0 Å². The Hall–Kier alpha value is -1.01. The molecule has 3 nitrogen and oxygen atoms in total. The number of hydrogen-bond donors (Lipinski definition) is 0. The highest BCUT2D eigenvalue weighted by Crippen LogP contribution is 2.28. The Kier molecular flexibility index (Phi) is 3.56. The minimum Gasteiger partial charge on any atom is -0.346 e. The van der Waals surface area contributed by atoms with Gasteiger partial charge in [0.05, 0.1) is 23.9 Å². The van der Waals surface area contributed by atoms with Crippen LogP contribution in [-0.2, 0) is 9.47 Å². The number of nitrogens with zero attached hydrogens (tertiary/aromatic N) is 1. The van der Waals surface area contributed by atoms with Crippen LogP contribution in [0.25, 0.3) is 12.2 Å². The standard InChI is InChI=1S/C13H13NO2S2/c1-9-14-11(8-17-9)2-3-12-6-10(7-18-12)13-15-4-5-16-13/h2-3,6-8,13H,4-5H2,1H3/b3-2+. The van der Waals surface area contributed by atoms with E-state index in [1.165, 1.54) is 4.88 Å². The molecular weight excluding hydrogens is 266 g/mol. The van der Waals surface area contributed by atoms with Gasteiger partial charge in [-0.2, -0.15) is 0 Å². The number of rotatable bonds is 3. The third-order valence-corrected chi connectivity index (χ3v) is 4.30. The second-order valence-corrected chi connectivity index (χ2v) is 5.99. The lowest BCUT2D eigenvalue weighted by atomic mass is 10.3. The molecule has 2 aromatic rings. The van der Waals surface area contributed by atoms with Crippen molar-refractivity contribution >= 4 is 34.8 Å². The van der Waals surface area contributed by atoms with Crippen LogP contribution >= 0.6 is 22.7 Å². The van der Waals surface area contributed by atoms with Gasteiger partial charge in [0, 0.05) is 15.8 Å². The van der Waals surface area contributed by atoms with Crippen molar-refractivity contribution in [3.05, 3.63) is 38.0 Å². The van der Waals surface area contributed by atoms with Crippen LogP contribution < -0.4 is 0 Å². The topological polar surface area (TPSA) is 31.4 Å². The normalized spacial score (nSPS) is 16.9. The van der Waals surface area contributed by atoms with Crippen molar-refractivity contribution in [1.29, 1.82) is 0 Å². The third-order valence-electron chi connectivity index (χ3n) is 2.59. The predicted octanol–water partition coefficient (Wildman–Crippen LogP) is 3.73. The van der Waals surface area contributed by atoms with Gasteiger partial charge in [0.2, 0.25) is 0 Å². The van der Waals surface area contributed by atoms with Gasteiger partial charge >= 0.3 is 0 Å². The molecule has 1 saturated heterocycles. The summed E-state index contributed by atoms with van der Waals surface area (Å²) in [6.45, 7) is 3.38. The van der Waals surface area contributed by atoms with E-state index in [1.54, 1.807) is 22.7 Å². The summed E-state index contributed by atoms with van der Waals surface area (Å²) >= 11 is 3.36. The molecule has 0 atom stereocenters. The fourth-order valence-corrected chi connectivity index (χ4v) is 3.14. The highest BCUT2D eigenvalue weighted by Gasteiger charge is 2.18. The number of aryl methyl sites for hydroxylation is 1. The average Bonchev–Trinajstić information content (AvgIpc) is 3.07. The fraction of sp³-hybridized carbons (Fsp3) is 0.308. The van der Waals surface area contributed by atoms with Gasteiger partial charge < -0.3 is 9.47 Å². The molecule has 0 radical (unpaired) electrons. The van der Waals surface area contributed by atoms with E-state index in [1.807, 2.05) is 13.0 Å². The van der Waals surface area contributed by atoms with Gasteiger partial charge in [-0.1, -0.05) is 0 Å². The van der Waals surface area contributed by atoms with Crippen molar-refractivity contribution in [3.8, 4) is 0 Å². The molecule has 5 heteroatoms. The summed E-state index contributed by atoms with van der Waals surface area (Å²) in [5, 5.41) is 5.24. The monoisotopic (exact) mass is 279 g/mol. The van der Waals surface area contributed by atoms with Crippen LogP contribution in [0.5, 0.6) is 0 Å². The molecule has 1 aliphatic heterocycles. The van der Waals surface area contributed by atoms with Gasteiger partial charge in [-0.05, 0) is 30.5 Å². The quantitative estimate of drug-likeness (QED) is 0.858. The van der Waals surface area contributed by atoms with Crippen LogP contribution in [0.4, 0.5) is 0 Å². The number of aromatic nitrogens is 1. The summed E-state index contributed by atoms with van der Waals surface area (Å²) in [6.07, 6.45) is 3.94. The third kappa shape index (κ3) is 2.70. The molecule has 2 aromatic heterocycles. The van der Waals surface area contributed by atoms with E-state index in [9.17, 15) is 0 Å². The number of thiophene rings is 1. The summed E-state index contributed by atoms with van der Waals surface area (Å²) in [5.74, 6) is 0. The minimum atomic E-state index is -0.176. The second-order valence-electron chi connectivity index (χ2n) is 3.98. The number of ether oxygens (including phenoxy) is 2. The lowest BCUT2D eigenvalue weighted by Crippen LogP contribution is -1.94. The molecule has 0 saturated carbocycles. The van der Waals surface area contributed by atoms with Crippen molar-refractivity contribution in [2.24, 2.45) is 0 Å². The van der Waals surface area contributed by atoms with Crippen molar-refractivity contribution in [1.82, 2.24) is 4.98 Å². The molecule has 0 aromatic carbocycles. The summed E-state index contributed by atoms with van der Waals surface area (Å²) < 4.78 is 10.9. The van der Waals surface area contributed by atoms with Crippen LogP contribution in [0, 0.1) is 6.92 Å². The zero-order valence-corrected chi connectivity index (χ0v) is 11.6. The molecule has 0 unspecified atom stereocenters. The van der Waals surface area contributed by atoms with Gasteiger partial charge in [0.15, 0.2) is 6.29 Å². The van der Waals surface area contributed by atoms with Crippen molar-refractivity contribution in [2.45, 2.75) is 13.2 Å². The SMILES string of the molecule is Cc1nc(/C=C/c2cc(C3OCCO3)cs2)cs1. The Morgan fingerprint density at radius 2 is 2.06 bits per heavy atom. The number of thiazole rings is 1. The molecule has 1 aliphatic rings. The maximum absolute atomic E-state index is 5.47. The van der Waals surface area contributed by atoms with Crippen molar-refractivity contribution < 1.29 is 9.47 Å². The molecule has 0 spiro atoms. The fourth-order valence-electron chi connectivity index (χ4n) is 1.75.